The molecule has 22 heteroatoms. The Morgan fingerprint density at radius 1 is 0.444 bits per heavy atom. The van der Waals surface area contributed by atoms with Crippen molar-refractivity contribution < 1.29 is 87.8 Å². The molecule has 0 saturated heterocycles. The van der Waals surface area contributed by atoms with Gasteiger partial charge in [0.05, 0.1) is 17.1 Å². The van der Waals surface area contributed by atoms with Crippen molar-refractivity contribution in [2.75, 3.05) is 0 Å². The Labute approximate surface area is 288 Å². The van der Waals surface area contributed by atoms with Crippen LogP contribution in [0.4, 0.5) is 87.8 Å². The zero-order chi connectivity index (χ0) is 41.0. The lowest BCUT2D eigenvalue weighted by atomic mass is 9.16. The quantitative estimate of drug-likeness (QED) is 0.0621. The standard InChI is InChI=1S/C32H12BF20P/c1-6(2)8-5-33(9-11(34)15(38)19(42)16(39)12(9)35,10-13(36)17(40)20(43)18(41)14(10)37)4-7(3)54(8,31-27(50)23(46)21(44)24(47)28(31)51)32-29(52)25(48)22(45)26(49)30(32)53/h5,7H,1,4H2,2-3H3/t7-/m0/s1. The number of halogens is 20. The zero-order valence-corrected chi connectivity index (χ0v) is 27.0. The fourth-order valence-corrected chi connectivity index (χ4v) is 12.6. The van der Waals surface area contributed by atoms with E-state index in [0.717, 1.165) is 0 Å². The van der Waals surface area contributed by atoms with Gasteiger partial charge in [-0.25, -0.2) is 70.2 Å². The molecule has 288 valence electrons. The summed E-state index contributed by atoms with van der Waals surface area (Å²) in [5.74, 6) is -60.3. The van der Waals surface area contributed by atoms with Crippen LogP contribution in [0.3, 0.4) is 0 Å². The average molecular weight is 818 g/mol. The van der Waals surface area contributed by atoms with E-state index in [1.165, 1.54) is 0 Å². The zero-order valence-electron chi connectivity index (χ0n) is 26.2. The summed E-state index contributed by atoms with van der Waals surface area (Å²) in [4.78, 5) is 0. The molecule has 1 heterocycles. The maximum atomic E-state index is 15.9. The second-order valence-electron chi connectivity index (χ2n) is 12.1. The van der Waals surface area contributed by atoms with Gasteiger partial charge in [-0.1, -0.05) is 6.58 Å². The molecule has 0 amide bonds. The summed E-state index contributed by atoms with van der Waals surface area (Å²) in [6.45, 7) is 4.06. The lowest BCUT2D eigenvalue weighted by molar-refractivity contribution is 0.381. The predicted molar refractivity (Wildman–Crippen MR) is 153 cm³/mol. The molecule has 0 aromatic heterocycles. The number of hydrogen-bond donors (Lipinski definition) is 0. The Hall–Kier alpha value is -4.55. The van der Waals surface area contributed by atoms with Gasteiger partial charge in [0.15, 0.2) is 45.5 Å². The molecule has 0 nitrogen and oxygen atoms in total. The van der Waals surface area contributed by atoms with Crippen LogP contribution in [-0.4, -0.2) is 11.8 Å². The molecule has 54 heavy (non-hydrogen) atoms. The van der Waals surface area contributed by atoms with E-state index in [9.17, 15) is 52.7 Å². The van der Waals surface area contributed by atoms with Crippen LogP contribution in [0, 0.1) is 116 Å². The highest BCUT2D eigenvalue weighted by molar-refractivity contribution is 7.94. The number of hydrogen-bond acceptors (Lipinski definition) is 0. The number of rotatable bonds is 5. The lowest BCUT2D eigenvalue weighted by Crippen LogP contribution is -2.66. The Morgan fingerprint density at radius 2 is 0.667 bits per heavy atom. The van der Waals surface area contributed by atoms with Crippen LogP contribution in [0.15, 0.2) is 23.4 Å². The van der Waals surface area contributed by atoms with Gasteiger partial charge in [-0.2, -0.15) is 23.5 Å². The molecule has 0 spiro atoms. The molecular formula is C32H12BF20P. The maximum Gasteiger partial charge on any atom is 0.207 e. The molecule has 0 N–H and O–H groups in total. The predicted octanol–water partition coefficient (Wildman–Crippen LogP) is 9.10. The van der Waals surface area contributed by atoms with Gasteiger partial charge < -0.3 is 0 Å². The largest absolute Gasteiger partial charge is 0.207 e. The number of benzene rings is 4. The number of allylic oxidation sites excluding steroid dienone is 2. The monoisotopic (exact) mass is 818 g/mol. The normalized spacial score (nSPS) is 16.6. The van der Waals surface area contributed by atoms with Crippen molar-refractivity contribution in [2.45, 2.75) is 25.8 Å². The van der Waals surface area contributed by atoms with Gasteiger partial charge in [0.2, 0.25) is 58.2 Å². The van der Waals surface area contributed by atoms with E-state index in [1.54, 1.807) is 0 Å². The van der Waals surface area contributed by atoms with Crippen molar-refractivity contribution >= 4 is 34.9 Å². The summed E-state index contributed by atoms with van der Waals surface area (Å²) in [6.07, 6.45) is -7.30. The highest BCUT2D eigenvalue weighted by Gasteiger charge is 2.64. The molecule has 5 rings (SSSR count). The van der Waals surface area contributed by atoms with E-state index >= 15 is 35.1 Å². The Kier molecular flexibility index (Phi) is 10.0. The first-order chi connectivity index (χ1) is 24.9. The van der Waals surface area contributed by atoms with Crippen LogP contribution in [0.1, 0.15) is 13.8 Å². The van der Waals surface area contributed by atoms with Crippen molar-refractivity contribution in [3.8, 4) is 0 Å². The highest BCUT2D eigenvalue weighted by atomic mass is 31.2. The van der Waals surface area contributed by atoms with E-state index in [-0.39, 0.29) is 5.98 Å². The lowest BCUT2D eigenvalue weighted by Gasteiger charge is -2.50. The molecule has 1 aliphatic rings. The van der Waals surface area contributed by atoms with Crippen LogP contribution in [0.2, 0.25) is 6.32 Å². The summed E-state index contributed by atoms with van der Waals surface area (Å²) < 4.78 is 302. The van der Waals surface area contributed by atoms with Gasteiger partial charge in [-0.15, -0.1) is 17.2 Å². The highest BCUT2D eigenvalue weighted by Crippen LogP contribution is 2.74. The van der Waals surface area contributed by atoms with Crippen LogP contribution < -0.4 is 21.5 Å². The Morgan fingerprint density at radius 3 is 0.907 bits per heavy atom. The Bertz CT molecular complexity index is 2130. The molecule has 1 aliphatic heterocycles. The van der Waals surface area contributed by atoms with Crippen LogP contribution in [0.25, 0.3) is 0 Å². The van der Waals surface area contributed by atoms with Gasteiger partial charge in [-0.05, 0) is 19.4 Å². The molecule has 1 atom stereocenters. The first-order valence-corrected chi connectivity index (χ1v) is 16.3. The molecule has 0 unspecified atom stereocenters. The minimum absolute atomic E-state index is 0.303. The van der Waals surface area contributed by atoms with E-state index in [0.29, 0.717) is 13.8 Å². The third kappa shape index (κ3) is 5.12. The second-order valence-corrected chi connectivity index (χ2v) is 15.8. The smallest absolute Gasteiger partial charge is 0.207 e. The molecule has 4 aromatic rings. The average Bonchev–Trinajstić information content (AvgIpc) is 3.12. The fraction of sp³-hybridized carbons (Fsp3) is 0.125. The molecule has 0 saturated carbocycles. The summed E-state index contributed by atoms with van der Waals surface area (Å²) in [5, 5.41) is -6.54. The Balaban J connectivity index is 2.23. The van der Waals surface area contributed by atoms with E-state index < -0.39 is 174 Å². The van der Waals surface area contributed by atoms with Crippen LogP contribution in [0.5, 0.6) is 0 Å². The van der Waals surface area contributed by atoms with Gasteiger partial charge >= 0.3 is 0 Å². The molecule has 4 aromatic carbocycles. The fourth-order valence-electron chi connectivity index (χ4n) is 7.13. The van der Waals surface area contributed by atoms with Gasteiger partial charge in [0, 0.05) is 0 Å². The third-order valence-electron chi connectivity index (χ3n) is 9.23. The van der Waals surface area contributed by atoms with Crippen molar-refractivity contribution in [3.05, 3.63) is 140 Å². The molecule has 0 bridgehead atoms. The minimum Gasteiger partial charge on any atom is -0.207 e. The van der Waals surface area contributed by atoms with Crippen molar-refractivity contribution in [3.63, 3.8) is 0 Å². The SMILES string of the molecule is C=C(C)C1=C[B-](c2c(F)c(F)c(F)c(F)c2F)(c2c(F)c(F)c(F)c(F)c2F)C[C@H](C)[P+]1(c1c(F)c(F)c(F)c(F)c1F)c1c(F)c(F)c(F)c(F)c1F. The summed E-state index contributed by atoms with van der Waals surface area (Å²) in [7, 11) is -6.13. The molecule has 0 aliphatic carbocycles. The third-order valence-corrected chi connectivity index (χ3v) is 14.3. The van der Waals surface area contributed by atoms with Gasteiger partial charge in [0.25, 0.3) is 0 Å². The van der Waals surface area contributed by atoms with E-state index in [2.05, 4.69) is 6.58 Å². The molecular weight excluding hydrogens is 806 g/mol. The first-order valence-electron chi connectivity index (χ1n) is 14.4. The topological polar surface area (TPSA) is 0 Å². The molecule has 0 radical (unpaired) electrons. The second kappa shape index (κ2) is 13.3. The maximum absolute atomic E-state index is 15.9. The van der Waals surface area contributed by atoms with E-state index in [4.69, 9.17) is 0 Å². The van der Waals surface area contributed by atoms with Crippen LogP contribution >= 0.6 is 7.26 Å². The van der Waals surface area contributed by atoms with Crippen molar-refractivity contribution in [1.82, 2.24) is 0 Å². The van der Waals surface area contributed by atoms with Crippen LogP contribution in [-0.2, 0) is 0 Å². The van der Waals surface area contributed by atoms with Gasteiger partial charge in [-0.3, -0.25) is 0 Å². The van der Waals surface area contributed by atoms with E-state index in [1.807, 2.05) is 0 Å². The summed E-state index contributed by atoms with van der Waals surface area (Å²) >= 11 is 0. The van der Waals surface area contributed by atoms with Gasteiger partial charge in [0.1, 0.15) is 30.5 Å². The first kappa shape index (κ1) is 40.6. The minimum atomic E-state index is -6.13. The summed E-state index contributed by atoms with van der Waals surface area (Å²) in [6, 6.07) is 0. The van der Waals surface area contributed by atoms with Crippen molar-refractivity contribution in [1.29, 1.82) is 0 Å². The molecule has 0 fully saturated rings. The summed E-state index contributed by atoms with van der Waals surface area (Å²) in [5.41, 5.74) is -8.90. The van der Waals surface area contributed by atoms with Crippen molar-refractivity contribution in [2.24, 2.45) is 0 Å².